The third-order valence-corrected chi connectivity index (χ3v) is 9.06. The smallest absolute Gasteiger partial charge is 0.312 e. The van der Waals surface area contributed by atoms with Gasteiger partial charge in [0.2, 0.25) is 0 Å². The highest BCUT2D eigenvalue weighted by molar-refractivity contribution is 5.77. The van der Waals surface area contributed by atoms with Crippen LogP contribution in [0.25, 0.3) is 0 Å². The van der Waals surface area contributed by atoms with E-state index < -0.39 is 0 Å². The molecule has 0 aliphatic heterocycles. The molecular formula is C28H50O2. The third kappa shape index (κ3) is 6.26. The molecule has 3 fully saturated rings. The van der Waals surface area contributed by atoms with E-state index in [0.717, 1.165) is 50.4 Å². The fourth-order valence-electron chi connectivity index (χ4n) is 6.94. The molecule has 0 saturated heterocycles. The van der Waals surface area contributed by atoms with Gasteiger partial charge in [-0.25, -0.2) is 0 Å². The first kappa shape index (κ1) is 24.1. The van der Waals surface area contributed by atoms with Gasteiger partial charge in [-0.1, -0.05) is 78.1 Å². The summed E-state index contributed by atoms with van der Waals surface area (Å²) in [5.41, 5.74) is -0.305. The number of hydrogen-bond donors (Lipinski definition) is 0. The summed E-state index contributed by atoms with van der Waals surface area (Å²) in [7, 11) is 0. The zero-order valence-electron chi connectivity index (χ0n) is 20.3. The molecule has 0 heterocycles. The van der Waals surface area contributed by atoms with Crippen LogP contribution in [0.4, 0.5) is 0 Å². The van der Waals surface area contributed by atoms with Crippen molar-refractivity contribution in [3.8, 4) is 0 Å². The van der Waals surface area contributed by atoms with E-state index in [1.807, 2.05) is 0 Å². The quantitative estimate of drug-likeness (QED) is 0.262. The van der Waals surface area contributed by atoms with E-state index in [0.29, 0.717) is 0 Å². The molecule has 0 spiro atoms. The highest BCUT2D eigenvalue weighted by atomic mass is 16.6. The largest absolute Gasteiger partial charge is 0.459 e. The van der Waals surface area contributed by atoms with E-state index in [2.05, 4.69) is 13.8 Å². The van der Waals surface area contributed by atoms with E-state index in [-0.39, 0.29) is 17.0 Å². The van der Waals surface area contributed by atoms with Gasteiger partial charge in [-0.3, -0.25) is 4.79 Å². The molecule has 0 atom stereocenters. The number of carbonyl (C=O) groups excluding carboxylic acids is 1. The lowest BCUT2D eigenvalue weighted by Gasteiger charge is -2.45. The predicted octanol–water partition coefficient (Wildman–Crippen LogP) is 8.76. The number of unbranched alkanes of at least 4 members (excludes halogenated alkanes) is 3. The summed E-state index contributed by atoms with van der Waals surface area (Å²) in [5.74, 6) is 2.02. The average molecular weight is 419 g/mol. The summed E-state index contributed by atoms with van der Waals surface area (Å²) >= 11 is 0. The van der Waals surface area contributed by atoms with E-state index in [4.69, 9.17) is 4.74 Å². The number of rotatable bonds is 10. The van der Waals surface area contributed by atoms with E-state index in [1.165, 1.54) is 96.3 Å². The number of ether oxygens (including phenoxy) is 1. The van der Waals surface area contributed by atoms with Gasteiger partial charge in [0.15, 0.2) is 0 Å². The molecule has 0 unspecified atom stereocenters. The summed E-state index contributed by atoms with van der Waals surface area (Å²) in [6.07, 6.45) is 26.2. The zero-order chi connectivity index (χ0) is 21.3. The molecule has 0 N–H and O–H groups in total. The van der Waals surface area contributed by atoms with Crippen molar-refractivity contribution in [2.75, 3.05) is 0 Å². The first-order chi connectivity index (χ1) is 14.6. The van der Waals surface area contributed by atoms with Crippen LogP contribution in [0.3, 0.4) is 0 Å². The molecule has 0 aromatic heterocycles. The van der Waals surface area contributed by atoms with Gasteiger partial charge in [-0.15, -0.1) is 0 Å². The maximum absolute atomic E-state index is 13.8. The van der Waals surface area contributed by atoms with Gasteiger partial charge in [0.05, 0.1) is 5.41 Å². The van der Waals surface area contributed by atoms with Gasteiger partial charge in [0.1, 0.15) is 5.60 Å². The third-order valence-electron chi connectivity index (χ3n) is 9.06. The minimum Gasteiger partial charge on any atom is -0.459 e. The lowest BCUT2D eigenvalue weighted by Crippen LogP contribution is -2.45. The molecular weight excluding hydrogens is 368 g/mol. The van der Waals surface area contributed by atoms with Crippen molar-refractivity contribution in [3.05, 3.63) is 0 Å². The fraction of sp³-hybridized carbons (Fsp3) is 0.964. The highest BCUT2D eigenvalue weighted by Gasteiger charge is 2.47. The fourth-order valence-corrected chi connectivity index (χ4v) is 6.94. The molecule has 0 radical (unpaired) electrons. The minimum atomic E-state index is -0.170. The van der Waals surface area contributed by atoms with Crippen molar-refractivity contribution in [3.63, 3.8) is 0 Å². The number of esters is 1. The van der Waals surface area contributed by atoms with Crippen LogP contribution in [0.1, 0.15) is 149 Å². The van der Waals surface area contributed by atoms with E-state index >= 15 is 0 Å². The van der Waals surface area contributed by atoms with Crippen LogP contribution >= 0.6 is 0 Å². The summed E-state index contributed by atoms with van der Waals surface area (Å²) in [5, 5.41) is 0. The van der Waals surface area contributed by atoms with Gasteiger partial charge in [-0.2, -0.15) is 0 Å². The van der Waals surface area contributed by atoms with E-state index in [1.54, 1.807) is 0 Å². The first-order valence-electron chi connectivity index (χ1n) is 13.9. The Hall–Kier alpha value is -0.530. The zero-order valence-corrected chi connectivity index (χ0v) is 20.3. The molecule has 3 saturated carbocycles. The molecule has 0 amide bonds. The van der Waals surface area contributed by atoms with Crippen molar-refractivity contribution in [2.45, 2.75) is 154 Å². The van der Waals surface area contributed by atoms with Gasteiger partial charge < -0.3 is 4.74 Å². The summed E-state index contributed by atoms with van der Waals surface area (Å²) in [6.45, 7) is 4.53. The van der Waals surface area contributed by atoms with Gasteiger partial charge in [0, 0.05) is 0 Å². The Balaban J connectivity index is 1.65. The highest BCUT2D eigenvalue weighted by Crippen LogP contribution is 2.49. The first-order valence-corrected chi connectivity index (χ1v) is 13.9. The number of carbonyl (C=O) groups is 1. The normalized spacial score (nSPS) is 30.1. The molecule has 0 aromatic rings. The standard InChI is InChI=1S/C28H50O2/c1-3-5-11-19-28(20-12-8-13-21-28)30-26(29)27(18-6-4-2)22-16-25(17-23-27)24-14-9-7-10-15-24/h24-25H,3-23H2,1-2H3/t25-,27+. The second kappa shape index (κ2) is 11.9. The van der Waals surface area contributed by atoms with Crippen LogP contribution in [-0.2, 0) is 9.53 Å². The predicted molar refractivity (Wildman–Crippen MR) is 127 cm³/mol. The Morgan fingerprint density at radius 2 is 1.30 bits per heavy atom. The van der Waals surface area contributed by atoms with Crippen molar-refractivity contribution >= 4 is 5.97 Å². The molecule has 0 aromatic carbocycles. The molecule has 30 heavy (non-hydrogen) atoms. The Bertz CT molecular complexity index is 491. The Morgan fingerprint density at radius 3 is 1.93 bits per heavy atom. The lowest BCUT2D eigenvalue weighted by molar-refractivity contribution is -0.181. The van der Waals surface area contributed by atoms with Crippen LogP contribution in [-0.4, -0.2) is 11.6 Å². The Labute approximate surface area is 187 Å². The van der Waals surface area contributed by atoms with Crippen LogP contribution in [0.15, 0.2) is 0 Å². The molecule has 2 nitrogen and oxygen atoms in total. The molecule has 3 aliphatic rings. The van der Waals surface area contributed by atoms with Crippen LogP contribution in [0, 0.1) is 17.3 Å². The molecule has 174 valence electrons. The summed E-state index contributed by atoms with van der Waals surface area (Å²) < 4.78 is 6.61. The maximum Gasteiger partial charge on any atom is 0.312 e. The minimum absolute atomic E-state index is 0.135. The topological polar surface area (TPSA) is 26.3 Å². The number of hydrogen-bond acceptors (Lipinski definition) is 2. The second-order valence-corrected chi connectivity index (χ2v) is 11.2. The van der Waals surface area contributed by atoms with Gasteiger partial charge in [0.25, 0.3) is 0 Å². The van der Waals surface area contributed by atoms with Gasteiger partial charge in [-0.05, 0) is 82.5 Å². The maximum atomic E-state index is 13.8. The van der Waals surface area contributed by atoms with Crippen LogP contribution < -0.4 is 0 Å². The van der Waals surface area contributed by atoms with Crippen molar-refractivity contribution < 1.29 is 9.53 Å². The van der Waals surface area contributed by atoms with Crippen LogP contribution in [0.5, 0.6) is 0 Å². The second-order valence-electron chi connectivity index (χ2n) is 11.2. The molecule has 0 bridgehead atoms. The SMILES string of the molecule is CCCCCC1(OC(=O)[C@]2(CCCC)CC[C@H](C3CCCCC3)CC2)CCCCC1. The van der Waals surface area contributed by atoms with Gasteiger partial charge >= 0.3 is 5.97 Å². The van der Waals surface area contributed by atoms with Crippen LogP contribution in [0.2, 0.25) is 0 Å². The Morgan fingerprint density at radius 1 is 0.700 bits per heavy atom. The lowest BCUT2D eigenvalue weighted by atomic mass is 9.63. The monoisotopic (exact) mass is 418 g/mol. The van der Waals surface area contributed by atoms with Crippen molar-refractivity contribution in [1.29, 1.82) is 0 Å². The average Bonchev–Trinajstić information content (AvgIpc) is 2.79. The van der Waals surface area contributed by atoms with Crippen molar-refractivity contribution in [1.82, 2.24) is 0 Å². The summed E-state index contributed by atoms with van der Waals surface area (Å²) in [4.78, 5) is 13.8. The van der Waals surface area contributed by atoms with Crippen molar-refractivity contribution in [2.24, 2.45) is 17.3 Å². The Kier molecular flexibility index (Phi) is 9.58. The van der Waals surface area contributed by atoms with E-state index in [9.17, 15) is 4.79 Å². The summed E-state index contributed by atoms with van der Waals surface area (Å²) in [6, 6.07) is 0. The molecule has 3 aliphatic carbocycles. The molecule has 3 rings (SSSR count). The molecule has 2 heteroatoms.